The van der Waals surface area contributed by atoms with Gasteiger partial charge in [0.1, 0.15) is 159 Å². The van der Waals surface area contributed by atoms with Crippen molar-refractivity contribution in [3.8, 4) is 0 Å². The lowest BCUT2D eigenvalue weighted by molar-refractivity contribution is -0.367. The summed E-state index contributed by atoms with van der Waals surface area (Å²) < 4.78 is 114. The van der Waals surface area contributed by atoms with Crippen LogP contribution in [0.15, 0.2) is 0 Å². The highest BCUT2D eigenvalue weighted by Crippen LogP contribution is 2.38. The Bertz CT molecular complexity index is 3040. The van der Waals surface area contributed by atoms with Crippen LogP contribution in [0.25, 0.3) is 0 Å². The first-order valence-corrected chi connectivity index (χ1v) is 49.6. The summed E-state index contributed by atoms with van der Waals surface area (Å²) >= 11 is 4.23. The van der Waals surface area contributed by atoms with Crippen molar-refractivity contribution in [2.75, 3.05) is 173 Å². The third-order valence-electron chi connectivity index (χ3n) is 23.4. The van der Waals surface area contributed by atoms with E-state index in [-0.39, 0.29) is 134 Å². The molecule has 133 heavy (non-hydrogen) atoms. The monoisotopic (exact) mass is 1990 g/mol. The Kier molecular flexibility index (Phi) is 57.6. The van der Waals surface area contributed by atoms with Crippen molar-refractivity contribution in [1.82, 2.24) is 10.6 Å². The minimum absolute atomic E-state index is 0.00165. The van der Waals surface area contributed by atoms with Gasteiger partial charge in [-0.2, -0.15) is 35.3 Å². The van der Waals surface area contributed by atoms with Gasteiger partial charge in [-0.25, -0.2) is 0 Å². The van der Waals surface area contributed by atoms with Crippen molar-refractivity contribution in [1.29, 1.82) is 0 Å². The zero-order valence-electron chi connectivity index (χ0n) is 75.5. The number of thioether (sulfide) groups is 3. The van der Waals surface area contributed by atoms with Crippen LogP contribution in [0.3, 0.4) is 0 Å². The molecule has 0 aliphatic carbocycles. The van der Waals surface area contributed by atoms with Gasteiger partial charge in [-0.15, -0.1) is 0 Å². The van der Waals surface area contributed by atoms with Gasteiger partial charge in [-0.05, 0) is 88.9 Å². The van der Waals surface area contributed by atoms with Gasteiger partial charge in [0.15, 0.2) is 37.7 Å². The van der Waals surface area contributed by atoms with Crippen LogP contribution in [0.4, 0.5) is 0 Å². The second-order valence-electron chi connectivity index (χ2n) is 33.7. The molecule has 7 saturated heterocycles. The number of aliphatic hydroxyl groups is 24. The van der Waals surface area contributed by atoms with E-state index in [1.165, 1.54) is 35.3 Å². The van der Waals surface area contributed by atoms with Gasteiger partial charge >= 0.3 is 0 Å². The zero-order chi connectivity index (χ0) is 97.1. The summed E-state index contributed by atoms with van der Waals surface area (Å²) in [7, 11) is 0. The summed E-state index contributed by atoms with van der Waals surface area (Å²) in [5, 5.41) is 260. The molecule has 7 heterocycles. The maximum absolute atomic E-state index is 12.4. The fourth-order valence-corrected chi connectivity index (χ4v) is 18.6. The number of rotatable bonds is 67. The molecule has 7 rings (SSSR count). The maximum atomic E-state index is 12.4. The summed E-state index contributed by atoms with van der Waals surface area (Å²) in [5.41, 5.74) is 0. The van der Waals surface area contributed by atoms with E-state index in [4.69, 9.17) is 90.0 Å². The van der Waals surface area contributed by atoms with E-state index in [9.17, 15) is 132 Å². The molecule has 7 aliphatic heterocycles. The molecule has 0 bridgehead atoms. The molecule has 0 aromatic heterocycles. The molecule has 7 aliphatic rings. The van der Waals surface area contributed by atoms with Gasteiger partial charge in [0.05, 0.1) is 130 Å². The smallest absolute Gasteiger partial charge is 0.220 e. The van der Waals surface area contributed by atoms with Gasteiger partial charge in [0.25, 0.3) is 0 Å². The lowest BCUT2D eigenvalue weighted by Crippen LogP contribution is -2.64. The summed E-state index contributed by atoms with van der Waals surface area (Å²) in [4.78, 5) is 24.2. The predicted octanol–water partition coefficient (Wildman–Crippen LogP) is -9.86. The summed E-state index contributed by atoms with van der Waals surface area (Å²) in [6, 6.07) is 0. The van der Waals surface area contributed by atoms with E-state index >= 15 is 0 Å². The SMILES string of the molecule is CCNC(=O)CCCCC(=O)NCCOCCOCCOC1OC(COCC)C(OCC(O)CSCCCCCO[C@@H]2OC(CO)[C@@H](O)[C@H](O)C2C[C@@H]2OC(CO)[C@@H](O)[C@H](O)C2O)C(OCC(O)CSCCCCCO[C@@H]2OC(CO)[C@@H](O)[C@H](O)C2O[C@@H]2OC(CO)[C@@H](O)[C@H](O)C2O)C1OCC(O)CSCCCCCO[C@@H]1OC(CO)[C@@H](O)[C@H](O)C1O[C@@H]1OC(CO)[C@@H](O)[C@H](O)C1O. The van der Waals surface area contributed by atoms with Crippen LogP contribution in [0, 0.1) is 5.92 Å². The maximum Gasteiger partial charge on any atom is 0.220 e. The topological polar surface area (TPSA) is 719 Å². The van der Waals surface area contributed by atoms with Crippen LogP contribution < -0.4 is 10.6 Å². The number of hydrogen-bond donors (Lipinski definition) is 26. The van der Waals surface area contributed by atoms with E-state index < -0.39 is 273 Å². The van der Waals surface area contributed by atoms with Crippen molar-refractivity contribution in [2.45, 2.75) is 331 Å². The first kappa shape index (κ1) is 118. The Morgan fingerprint density at radius 1 is 0.308 bits per heavy atom. The first-order valence-electron chi connectivity index (χ1n) is 46.1. The van der Waals surface area contributed by atoms with Gasteiger partial charge in [0.2, 0.25) is 11.8 Å². The number of aliphatic hydroxyl groups excluding tert-OH is 24. The van der Waals surface area contributed by atoms with E-state index in [1.54, 1.807) is 6.92 Å². The second-order valence-corrected chi connectivity index (χ2v) is 37.1. The number of hydrogen-bond acceptors (Lipinski definition) is 48. The Morgan fingerprint density at radius 2 is 0.654 bits per heavy atom. The van der Waals surface area contributed by atoms with Crippen molar-refractivity contribution < 1.29 is 222 Å². The van der Waals surface area contributed by atoms with Crippen molar-refractivity contribution in [2.24, 2.45) is 5.92 Å². The van der Waals surface area contributed by atoms with Crippen LogP contribution in [-0.4, -0.2) is 534 Å². The zero-order valence-corrected chi connectivity index (χ0v) is 77.9. The Morgan fingerprint density at radius 3 is 1.10 bits per heavy atom. The summed E-state index contributed by atoms with van der Waals surface area (Å²) in [5.74, 6) is 0.819. The van der Waals surface area contributed by atoms with Crippen LogP contribution >= 0.6 is 35.3 Å². The molecule has 20 unspecified atom stereocenters. The van der Waals surface area contributed by atoms with Gasteiger partial charge in [-0.3, -0.25) is 9.59 Å². The highest BCUT2D eigenvalue weighted by atomic mass is 32.2. The van der Waals surface area contributed by atoms with Crippen molar-refractivity contribution >= 4 is 47.1 Å². The van der Waals surface area contributed by atoms with Crippen LogP contribution in [0.1, 0.15) is 104 Å². The van der Waals surface area contributed by atoms with Gasteiger partial charge < -0.3 is 223 Å². The normalized spacial score (nSPS) is 37.0. The molecule has 7 fully saturated rings. The molecule has 26 N–H and O–H groups in total. The lowest BCUT2D eigenvalue weighted by Gasteiger charge is -2.46. The molecule has 0 aromatic carbocycles. The number of carbonyl (C=O) groups is 2. The number of carbonyl (C=O) groups excluding carboxylic acids is 2. The molecule has 47 nitrogen and oxygen atoms in total. The highest BCUT2D eigenvalue weighted by Gasteiger charge is 2.56. The molecule has 2 amide bonds. The van der Waals surface area contributed by atoms with Crippen LogP contribution in [0.2, 0.25) is 0 Å². The van der Waals surface area contributed by atoms with Crippen molar-refractivity contribution in [3.05, 3.63) is 0 Å². The molecule has 0 radical (unpaired) electrons. The molecule has 782 valence electrons. The molecular weight excluding hydrogens is 1840 g/mol. The third-order valence-corrected chi connectivity index (χ3v) is 27.0. The quantitative estimate of drug-likeness (QED) is 0.0251. The molecule has 50 heteroatoms. The molecule has 0 spiro atoms. The summed E-state index contributed by atoms with van der Waals surface area (Å²) in [6.07, 6.45) is -48.1. The molecule has 38 atom stereocenters. The molecule has 0 aromatic rings. The summed E-state index contributed by atoms with van der Waals surface area (Å²) in [6.45, 7) is -0.238. The minimum Gasteiger partial charge on any atom is -0.394 e. The third kappa shape index (κ3) is 38.1. The second kappa shape index (κ2) is 64.8. The largest absolute Gasteiger partial charge is 0.394 e. The van der Waals surface area contributed by atoms with Crippen LogP contribution in [0.5, 0.6) is 0 Å². The Hall–Kier alpha value is -1.73. The van der Waals surface area contributed by atoms with E-state index in [2.05, 4.69) is 10.6 Å². The molecule has 0 saturated carbocycles. The average Bonchev–Trinajstić information content (AvgIpc) is 0.798. The number of unbranched alkanes of at least 4 members (excludes halogenated alkanes) is 7. The lowest BCUT2D eigenvalue weighted by atomic mass is 9.83. The predicted molar refractivity (Wildman–Crippen MR) is 464 cm³/mol. The fraction of sp³-hybridized carbons (Fsp3) is 0.976. The minimum atomic E-state index is -1.86. The van der Waals surface area contributed by atoms with E-state index in [0.29, 0.717) is 101 Å². The number of ether oxygens (including phenoxy) is 19. The van der Waals surface area contributed by atoms with Gasteiger partial charge in [-0.1, -0.05) is 19.3 Å². The Balaban J connectivity index is 0.981. The van der Waals surface area contributed by atoms with E-state index in [1.807, 2.05) is 6.92 Å². The van der Waals surface area contributed by atoms with Crippen LogP contribution in [-0.2, 0) is 99.6 Å². The van der Waals surface area contributed by atoms with E-state index in [0.717, 1.165) is 0 Å². The standard InChI is InChI=1S/C83H152N2O45S3/c1-3-84-56(95)16-8-9-17-57(96)85-18-22-113-23-24-114-25-26-118-83-77(121-39-46(94)43-133-29-15-7-12-21-117-82-75(70(109)65(104)54(36-91)127-82)130-80-72(111)68(107)63(102)52(34-89)125-80)76(120-38-45(93)42-132-28-14-6-11-20-116-81-74(69(108)64(103)53(35-90)126-81)129-79-71(110)67(106)62(101)51(33-88)124-79)73(55(128-83)40-112-4-2)119-37-44(92)41-131-27-13-5-10-19-115-78-47(58(97)60(99)50(32-87)123-78)30-48-59(98)66(105)61(100)49(31-86)122-48/h44-55,58-83,86-94,97-111H,3-43H2,1-2H3,(H,84,95)(H,85,96)/t44?,45?,46?,47?,48-,49?,50?,51?,52?,53?,54?,55?,58+,59?,60+,61+,62+,63+,64+,65+,66+,67-,68-,69-,70-,71?,72?,73?,74?,75?,76?,77?,78+,79-,80-,81+,82+,83?/m0/s1. The number of nitrogens with one attached hydrogen (secondary N) is 2. The molecular formula is C83H152N2O45S3. The first-order chi connectivity index (χ1) is 64.0. The fourth-order valence-electron chi connectivity index (χ4n) is 15.8. The van der Waals surface area contributed by atoms with Gasteiger partial charge in [0, 0.05) is 75.5 Å². The van der Waals surface area contributed by atoms with Crippen molar-refractivity contribution in [3.63, 3.8) is 0 Å². The average molecular weight is 1990 g/mol. The highest BCUT2D eigenvalue weighted by molar-refractivity contribution is 7.99. The number of amides is 2. The Labute approximate surface area is 786 Å².